The molecule has 0 heterocycles. The second-order valence-corrected chi connectivity index (χ2v) is 5.69. The van der Waals surface area contributed by atoms with Crippen molar-refractivity contribution in [2.24, 2.45) is 0 Å². The van der Waals surface area contributed by atoms with E-state index in [0.29, 0.717) is 18.8 Å². The van der Waals surface area contributed by atoms with Crippen LogP contribution in [0.4, 0.5) is 14.5 Å². The number of nitro benzene ring substituents is 1. The van der Waals surface area contributed by atoms with Crippen molar-refractivity contribution in [1.29, 1.82) is 0 Å². The predicted octanol–water partition coefficient (Wildman–Crippen LogP) is 4.11. The van der Waals surface area contributed by atoms with Gasteiger partial charge in [0.25, 0.3) is 5.69 Å². The third-order valence-electron chi connectivity index (χ3n) is 3.70. The Morgan fingerprint density at radius 1 is 1.17 bits per heavy atom. The molecule has 156 valence electrons. The van der Waals surface area contributed by atoms with Crippen LogP contribution in [0.15, 0.2) is 42.5 Å². The van der Waals surface area contributed by atoms with Crippen molar-refractivity contribution in [2.75, 3.05) is 13.7 Å². The number of carbonyl (C=O) groups excluding carboxylic acids is 1. The maximum absolute atomic E-state index is 12.5. The third kappa shape index (κ3) is 6.91. The van der Waals surface area contributed by atoms with E-state index >= 15 is 0 Å². The lowest BCUT2D eigenvalue weighted by Gasteiger charge is -2.12. The number of halogens is 2. The fraction of sp³-hybridized carbons (Fsp3) is 0.316. The van der Waals surface area contributed by atoms with Gasteiger partial charge in [-0.25, -0.2) is 0 Å². The quantitative estimate of drug-likeness (QED) is 0.238. The van der Waals surface area contributed by atoms with Gasteiger partial charge in [-0.15, -0.1) is 0 Å². The summed E-state index contributed by atoms with van der Waals surface area (Å²) in [5.74, 6) is -0.530. The Bertz CT molecular complexity index is 831. The van der Waals surface area contributed by atoms with E-state index in [1.807, 2.05) is 18.2 Å². The van der Waals surface area contributed by atoms with E-state index < -0.39 is 35.5 Å². The maximum atomic E-state index is 12.5. The van der Waals surface area contributed by atoms with Crippen LogP contribution in [0.1, 0.15) is 18.4 Å². The number of hydrogen-bond donors (Lipinski definition) is 0. The molecule has 29 heavy (non-hydrogen) atoms. The molecule has 0 atom stereocenters. The number of ether oxygens (including phenoxy) is 4. The molecule has 0 aromatic heterocycles. The summed E-state index contributed by atoms with van der Waals surface area (Å²) in [5, 5.41) is 11.2. The third-order valence-corrected chi connectivity index (χ3v) is 3.70. The van der Waals surface area contributed by atoms with Crippen molar-refractivity contribution in [3.63, 3.8) is 0 Å². The average Bonchev–Trinajstić information content (AvgIpc) is 2.70. The summed E-state index contributed by atoms with van der Waals surface area (Å²) in [6, 6.07) is 11.0. The minimum Gasteiger partial charge on any atom is -0.494 e. The second-order valence-electron chi connectivity index (χ2n) is 5.69. The largest absolute Gasteiger partial charge is 0.494 e. The van der Waals surface area contributed by atoms with E-state index in [0.717, 1.165) is 12.1 Å². The number of esters is 1. The van der Waals surface area contributed by atoms with Crippen molar-refractivity contribution in [3.05, 3.63) is 58.1 Å². The number of benzene rings is 2. The molecular formula is C19H19F2NO7. The number of rotatable bonds is 11. The molecule has 2 aromatic carbocycles. The normalized spacial score (nSPS) is 10.5. The van der Waals surface area contributed by atoms with Crippen molar-refractivity contribution in [1.82, 2.24) is 0 Å². The van der Waals surface area contributed by atoms with Crippen LogP contribution in [0.5, 0.6) is 17.2 Å². The van der Waals surface area contributed by atoms with Crippen LogP contribution < -0.4 is 14.2 Å². The van der Waals surface area contributed by atoms with Crippen molar-refractivity contribution in [2.45, 2.75) is 26.1 Å². The number of alkyl halides is 2. The predicted molar refractivity (Wildman–Crippen MR) is 97.2 cm³/mol. The Morgan fingerprint density at radius 3 is 2.52 bits per heavy atom. The molecule has 0 aliphatic carbocycles. The highest BCUT2D eigenvalue weighted by Crippen LogP contribution is 2.36. The first-order valence-corrected chi connectivity index (χ1v) is 8.54. The highest BCUT2D eigenvalue weighted by atomic mass is 19.3. The molecule has 0 radical (unpaired) electrons. The number of carbonyl (C=O) groups is 1. The van der Waals surface area contributed by atoms with E-state index in [2.05, 4.69) is 4.74 Å². The fourth-order valence-corrected chi connectivity index (χ4v) is 2.38. The van der Waals surface area contributed by atoms with Gasteiger partial charge in [0, 0.05) is 6.42 Å². The molecule has 0 N–H and O–H groups in total. The molecule has 0 unspecified atom stereocenters. The Balaban J connectivity index is 1.92. The number of para-hydroxylation sites is 1. The first kappa shape index (κ1) is 21.9. The van der Waals surface area contributed by atoms with Gasteiger partial charge in [-0.2, -0.15) is 8.78 Å². The molecule has 0 aliphatic rings. The average molecular weight is 411 g/mol. The fourth-order valence-electron chi connectivity index (χ4n) is 2.38. The first-order chi connectivity index (χ1) is 13.9. The summed E-state index contributed by atoms with van der Waals surface area (Å²) in [7, 11) is 1.20. The summed E-state index contributed by atoms with van der Waals surface area (Å²) in [5.41, 5.74) is -0.538. The van der Waals surface area contributed by atoms with Crippen molar-refractivity contribution >= 4 is 11.7 Å². The van der Waals surface area contributed by atoms with Gasteiger partial charge in [0.1, 0.15) is 12.4 Å². The van der Waals surface area contributed by atoms with Crippen LogP contribution in [-0.2, 0) is 16.1 Å². The van der Waals surface area contributed by atoms with Crippen LogP contribution in [-0.4, -0.2) is 31.2 Å². The molecule has 10 heteroatoms. The zero-order valence-corrected chi connectivity index (χ0v) is 15.5. The lowest BCUT2D eigenvalue weighted by Crippen LogP contribution is -2.09. The molecule has 0 spiro atoms. The second kappa shape index (κ2) is 10.8. The lowest BCUT2D eigenvalue weighted by molar-refractivity contribution is -0.386. The standard InChI is InChI=1S/C19H19F2NO7/c1-26-16-10-13(15(22(24)25)11-17(16)29-19(20)21)12-28-18(23)8-5-9-27-14-6-3-2-4-7-14/h2-4,6-7,10-11,19H,5,8-9,12H2,1H3. The minimum atomic E-state index is -3.18. The molecule has 2 rings (SSSR count). The van der Waals surface area contributed by atoms with Gasteiger partial charge in [-0.05, 0) is 24.6 Å². The number of nitro groups is 1. The van der Waals surface area contributed by atoms with E-state index in [1.165, 1.54) is 7.11 Å². The first-order valence-electron chi connectivity index (χ1n) is 8.54. The van der Waals surface area contributed by atoms with Gasteiger partial charge < -0.3 is 18.9 Å². The zero-order chi connectivity index (χ0) is 21.2. The summed E-state index contributed by atoms with van der Waals surface area (Å²) in [6.45, 7) is -3.29. The molecular weight excluding hydrogens is 392 g/mol. The smallest absolute Gasteiger partial charge is 0.387 e. The topological polar surface area (TPSA) is 97.1 Å². The van der Waals surface area contributed by atoms with Crippen LogP contribution in [0.2, 0.25) is 0 Å². The highest BCUT2D eigenvalue weighted by Gasteiger charge is 2.22. The van der Waals surface area contributed by atoms with Crippen LogP contribution in [0, 0.1) is 10.1 Å². The van der Waals surface area contributed by atoms with Gasteiger partial charge in [-0.3, -0.25) is 14.9 Å². The zero-order valence-electron chi connectivity index (χ0n) is 15.5. The van der Waals surface area contributed by atoms with E-state index in [4.69, 9.17) is 14.2 Å². The van der Waals surface area contributed by atoms with Crippen LogP contribution in [0.25, 0.3) is 0 Å². The van der Waals surface area contributed by atoms with Gasteiger partial charge in [0.15, 0.2) is 11.5 Å². The Hall–Kier alpha value is -3.43. The van der Waals surface area contributed by atoms with Gasteiger partial charge in [0.2, 0.25) is 0 Å². The van der Waals surface area contributed by atoms with Crippen molar-refractivity contribution in [3.8, 4) is 17.2 Å². The van der Waals surface area contributed by atoms with Crippen LogP contribution >= 0.6 is 0 Å². The Morgan fingerprint density at radius 2 is 1.90 bits per heavy atom. The minimum absolute atomic E-state index is 0.0117. The highest BCUT2D eigenvalue weighted by molar-refractivity contribution is 5.69. The maximum Gasteiger partial charge on any atom is 0.387 e. The summed E-state index contributed by atoms with van der Waals surface area (Å²) >= 11 is 0. The van der Waals surface area contributed by atoms with Crippen LogP contribution in [0.3, 0.4) is 0 Å². The monoisotopic (exact) mass is 411 g/mol. The molecule has 0 fully saturated rings. The number of methoxy groups -OCH3 is 1. The summed E-state index contributed by atoms with van der Waals surface area (Å²) in [6.07, 6.45) is 0.435. The summed E-state index contributed by atoms with van der Waals surface area (Å²) in [4.78, 5) is 22.3. The molecule has 0 saturated heterocycles. The number of nitrogens with zero attached hydrogens (tertiary/aromatic N) is 1. The lowest BCUT2D eigenvalue weighted by atomic mass is 10.1. The van der Waals surface area contributed by atoms with Gasteiger partial charge in [0.05, 0.1) is 30.3 Å². The molecule has 0 saturated carbocycles. The molecule has 0 aliphatic heterocycles. The Kier molecular flexibility index (Phi) is 8.13. The van der Waals surface area contributed by atoms with E-state index in [9.17, 15) is 23.7 Å². The van der Waals surface area contributed by atoms with Gasteiger partial charge in [-0.1, -0.05) is 18.2 Å². The van der Waals surface area contributed by atoms with E-state index in [1.54, 1.807) is 12.1 Å². The summed E-state index contributed by atoms with van der Waals surface area (Å²) < 4.78 is 44.5. The molecule has 0 bridgehead atoms. The number of hydrogen-bond acceptors (Lipinski definition) is 7. The molecule has 2 aromatic rings. The van der Waals surface area contributed by atoms with Gasteiger partial charge >= 0.3 is 12.6 Å². The van der Waals surface area contributed by atoms with Crippen molar-refractivity contribution < 1.29 is 37.4 Å². The molecule has 8 nitrogen and oxygen atoms in total. The Labute approximate surface area is 165 Å². The van der Waals surface area contributed by atoms with E-state index in [-0.39, 0.29) is 17.7 Å². The molecule has 0 amide bonds. The SMILES string of the molecule is COc1cc(COC(=O)CCCOc2ccccc2)c([N+](=O)[O-])cc1OC(F)F.